The van der Waals surface area contributed by atoms with Crippen molar-refractivity contribution in [2.45, 2.75) is 19.3 Å². The average Bonchev–Trinajstić information content (AvgIpc) is 2.47. The lowest BCUT2D eigenvalue weighted by molar-refractivity contribution is -0.235. The summed E-state index contributed by atoms with van der Waals surface area (Å²) in [5.41, 5.74) is -2.62. The molecular weight excluding hydrogens is 353 g/mol. The van der Waals surface area contributed by atoms with Gasteiger partial charge in [-0.1, -0.05) is 18.2 Å². The molecule has 0 atom stereocenters. The molecule has 134 valence electrons. The lowest BCUT2D eigenvalue weighted by Gasteiger charge is -2.23. The third-order valence-electron chi connectivity index (χ3n) is 3.11. The van der Waals surface area contributed by atoms with E-state index in [1.165, 1.54) is 6.07 Å². The molecule has 0 spiro atoms. The Morgan fingerprint density at radius 3 is 1.84 bits per heavy atom. The molecule has 0 aliphatic carbocycles. The molecule has 0 heterocycles. The number of aryl methyl sites for hydroxylation is 1. The highest BCUT2D eigenvalue weighted by atomic mass is 19.4. The number of benzene rings is 2. The van der Waals surface area contributed by atoms with Gasteiger partial charge in [0.1, 0.15) is 11.5 Å². The Bertz CT molecular complexity index is 713. The van der Waals surface area contributed by atoms with Gasteiger partial charge in [0, 0.05) is 0 Å². The van der Waals surface area contributed by atoms with Crippen molar-refractivity contribution < 1.29 is 40.7 Å². The van der Waals surface area contributed by atoms with Gasteiger partial charge in [0.15, 0.2) is 0 Å². The van der Waals surface area contributed by atoms with E-state index in [1.807, 2.05) is 0 Å². The van der Waals surface area contributed by atoms with Crippen molar-refractivity contribution in [2.24, 2.45) is 0 Å². The number of hydrogen-bond acceptors (Lipinski definition) is 3. The maximum absolute atomic E-state index is 12.7. The Kier molecular flexibility index (Phi) is 5.21. The van der Waals surface area contributed by atoms with Crippen LogP contribution in [0.3, 0.4) is 0 Å². The molecule has 0 aliphatic rings. The first kappa shape index (κ1) is 19.0. The molecule has 3 nitrogen and oxygen atoms in total. The van der Waals surface area contributed by atoms with E-state index in [1.54, 1.807) is 25.1 Å². The van der Waals surface area contributed by atoms with Crippen LogP contribution in [-0.4, -0.2) is 7.32 Å². The van der Waals surface area contributed by atoms with Crippen LogP contribution >= 0.6 is 0 Å². The molecule has 0 N–H and O–H groups in total. The summed E-state index contributed by atoms with van der Waals surface area (Å²) in [5, 5.41) is 11.7. The second-order valence-electron chi connectivity index (χ2n) is 5.03. The summed E-state index contributed by atoms with van der Waals surface area (Å²) in [7, 11) is -2.34. The third-order valence-corrected chi connectivity index (χ3v) is 3.11. The van der Waals surface area contributed by atoms with Crippen molar-refractivity contribution in [3.05, 3.63) is 59.2 Å². The first-order chi connectivity index (χ1) is 11.5. The zero-order valence-electron chi connectivity index (χ0n) is 12.6. The molecule has 2 aromatic carbocycles. The lowest BCUT2D eigenvalue weighted by atomic mass is 10.1. The summed E-state index contributed by atoms with van der Waals surface area (Å²) in [6.45, 7) is 1.61. The molecular formula is C15H10BF6O3-. The van der Waals surface area contributed by atoms with Gasteiger partial charge in [-0.3, -0.25) is 0 Å². The van der Waals surface area contributed by atoms with Crippen molar-refractivity contribution in [1.29, 1.82) is 0 Å². The Labute approximate surface area is 139 Å². The Hall–Kier alpha value is -2.36. The monoisotopic (exact) mass is 363 g/mol. The number of hydrogen-bond donors (Lipinski definition) is 0. The number of para-hydroxylation sites is 1. The van der Waals surface area contributed by atoms with Crippen LogP contribution in [0.5, 0.6) is 11.5 Å². The van der Waals surface area contributed by atoms with E-state index in [2.05, 4.69) is 4.65 Å². The average molecular weight is 363 g/mol. The number of halogens is 6. The molecule has 10 heteroatoms. The topological polar surface area (TPSA) is 41.5 Å². The molecule has 0 bridgehead atoms. The fraction of sp³-hybridized carbons (Fsp3) is 0.200. The molecule has 25 heavy (non-hydrogen) atoms. The summed E-state index contributed by atoms with van der Waals surface area (Å²) in [6.07, 6.45) is -10.1. The maximum atomic E-state index is 12.7. The van der Waals surface area contributed by atoms with E-state index in [4.69, 9.17) is 4.65 Å². The molecule has 0 aromatic heterocycles. The van der Waals surface area contributed by atoms with Crippen LogP contribution < -0.4 is 14.3 Å². The summed E-state index contributed by atoms with van der Waals surface area (Å²) in [6, 6.07) is 6.77. The molecule has 2 aromatic rings. The molecule has 0 amide bonds. The van der Waals surface area contributed by atoms with E-state index in [0.717, 1.165) is 0 Å². The summed E-state index contributed by atoms with van der Waals surface area (Å²) in [4.78, 5) is 0. The normalized spacial score (nSPS) is 12.0. The van der Waals surface area contributed by atoms with Crippen LogP contribution in [-0.2, 0) is 12.4 Å². The molecule has 0 radical (unpaired) electrons. The van der Waals surface area contributed by atoms with Crippen molar-refractivity contribution in [3.63, 3.8) is 0 Å². The first-order valence-electron chi connectivity index (χ1n) is 6.81. The lowest BCUT2D eigenvalue weighted by Crippen LogP contribution is -2.44. The second-order valence-corrected chi connectivity index (χ2v) is 5.03. The van der Waals surface area contributed by atoms with E-state index in [-0.39, 0.29) is 11.8 Å². The summed E-state index contributed by atoms with van der Waals surface area (Å²) in [5.74, 6) is -0.791. The van der Waals surface area contributed by atoms with Gasteiger partial charge in [0.05, 0.1) is 11.1 Å². The highest BCUT2D eigenvalue weighted by Gasteiger charge is 2.37. The maximum Gasteiger partial charge on any atom is 0.492 e. The number of alkyl halides is 6. The van der Waals surface area contributed by atoms with Crippen LogP contribution in [0.4, 0.5) is 26.3 Å². The predicted octanol–water partition coefficient (Wildman–Crippen LogP) is 3.84. The SMILES string of the molecule is Cc1ccccc1OB([O-])Oc1cc(C(F)(F)F)cc(C(F)(F)F)c1. The third kappa shape index (κ3) is 5.06. The minimum atomic E-state index is -5.03. The largest absolute Gasteiger partial charge is 0.808 e. The highest BCUT2D eigenvalue weighted by molar-refractivity contribution is 6.34. The van der Waals surface area contributed by atoms with Gasteiger partial charge in [-0.05, 0) is 36.8 Å². The van der Waals surface area contributed by atoms with Gasteiger partial charge in [-0.2, -0.15) is 26.3 Å². The molecule has 0 fully saturated rings. The van der Waals surface area contributed by atoms with Crippen LogP contribution in [0.1, 0.15) is 16.7 Å². The van der Waals surface area contributed by atoms with E-state index >= 15 is 0 Å². The molecule has 2 rings (SSSR count). The van der Waals surface area contributed by atoms with Crippen molar-refractivity contribution in [1.82, 2.24) is 0 Å². The summed E-state index contributed by atoms with van der Waals surface area (Å²) < 4.78 is 85.9. The quantitative estimate of drug-likeness (QED) is 0.613. The Morgan fingerprint density at radius 1 is 0.840 bits per heavy atom. The van der Waals surface area contributed by atoms with Gasteiger partial charge in [-0.15, -0.1) is 0 Å². The van der Waals surface area contributed by atoms with Crippen molar-refractivity contribution in [2.75, 3.05) is 0 Å². The van der Waals surface area contributed by atoms with Gasteiger partial charge < -0.3 is 14.3 Å². The van der Waals surface area contributed by atoms with Crippen LogP contribution in [0.2, 0.25) is 0 Å². The zero-order chi connectivity index (χ0) is 18.8. The number of rotatable bonds is 4. The highest BCUT2D eigenvalue weighted by Crippen LogP contribution is 2.38. The van der Waals surface area contributed by atoms with E-state index in [0.29, 0.717) is 17.7 Å². The zero-order valence-corrected chi connectivity index (χ0v) is 12.6. The van der Waals surface area contributed by atoms with Crippen LogP contribution in [0.15, 0.2) is 42.5 Å². The van der Waals surface area contributed by atoms with Gasteiger partial charge in [0.25, 0.3) is 0 Å². The van der Waals surface area contributed by atoms with Crippen LogP contribution in [0, 0.1) is 6.92 Å². The predicted molar refractivity (Wildman–Crippen MR) is 74.6 cm³/mol. The molecule has 0 saturated carbocycles. The first-order valence-corrected chi connectivity index (χ1v) is 6.81. The Balaban J connectivity index is 2.27. The van der Waals surface area contributed by atoms with Crippen molar-refractivity contribution >= 4 is 7.32 Å². The van der Waals surface area contributed by atoms with Crippen molar-refractivity contribution in [3.8, 4) is 11.5 Å². The minimum Gasteiger partial charge on any atom is -0.808 e. The standard InChI is InChI=1S/C15H10BF6O3/c1-9-4-2-3-5-13(9)25-16(23)24-12-7-10(14(17,18)19)6-11(8-12)15(20,21)22/h2-8H,1H3/q-1. The molecule has 0 saturated heterocycles. The van der Waals surface area contributed by atoms with E-state index in [9.17, 15) is 31.4 Å². The van der Waals surface area contributed by atoms with Gasteiger partial charge >= 0.3 is 19.7 Å². The van der Waals surface area contributed by atoms with Crippen LogP contribution in [0.25, 0.3) is 0 Å². The summed E-state index contributed by atoms with van der Waals surface area (Å²) >= 11 is 0. The fourth-order valence-corrected chi connectivity index (χ4v) is 1.92. The smallest absolute Gasteiger partial charge is 0.492 e. The molecule has 0 aliphatic heterocycles. The van der Waals surface area contributed by atoms with Gasteiger partial charge in [0.2, 0.25) is 0 Å². The van der Waals surface area contributed by atoms with Gasteiger partial charge in [-0.25, -0.2) is 0 Å². The molecule has 0 unspecified atom stereocenters. The fourth-order valence-electron chi connectivity index (χ4n) is 1.92. The minimum absolute atomic E-state index is 0.0606. The second kappa shape index (κ2) is 6.87. The Morgan fingerprint density at radius 2 is 1.36 bits per heavy atom. The van der Waals surface area contributed by atoms with E-state index < -0.39 is 36.6 Å².